The summed E-state index contributed by atoms with van der Waals surface area (Å²) in [6.07, 6.45) is 2.20. The molecule has 0 aromatic heterocycles. The van der Waals surface area contributed by atoms with Crippen molar-refractivity contribution in [2.24, 2.45) is 11.8 Å². The predicted molar refractivity (Wildman–Crippen MR) is 96.2 cm³/mol. The van der Waals surface area contributed by atoms with E-state index in [-0.39, 0.29) is 6.03 Å². The summed E-state index contributed by atoms with van der Waals surface area (Å²) in [5.41, 5.74) is 1.82. The molecule has 1 aromatic carbocycles. The molecule has 0 radical (unpaired) electrons. The third-order valence-electron chi connectivity index (χ3n) is 5.14. The largest absolute Gasteiger partial charge is 0.491 e. The number of nitrogens with one attached hydrogen (secondary N) is 1. The molecule has 25 heavy (non-hydrogen) atoms. The van der Waals surface area contributed by atoms with Crippen LogP contribution in [0.3, 0.4) is 0 Å². The molecule has 2 atom stereocenters. The second-order valence-corrected chi connectivity index (χ2v) is 6.87. The van der Waals surface area contributed by atoms with Crippen molar-refractivity contribution in [3.63, 3.8) is 0 Å². The predicted octanol–water partition coefficient (Wildman–Crippen LogP) is 2.91. The van der Waals surface area contributed by atoms with Crippen molar-refractivity contribution in [1.82, 2.24) is 4.90 Å². The van der Waals surface area contributed by atoms with E-state index in [1.807, 2.05) is 30.0 Å². The number of carbonyl (C=O) groups is 1. The highest BCUT2D eigenvalue weighted by Gasteiger charge is 2.33. The Morgan fingerprint density at radius 1 is 1.32 bits per heavy atom. The van der Waals surface area contributed by atoms with Crippen molar-refractivity contribution in [3.8, 4) is 5.75 Å². The average molecular weight is 348 g/mol. The number of rotatable bonds is 6. The van der Waals surface area contributed by atoms with Crippen molar-refractivity contribution in [3.05, 3.63) is 23.8 Å². The van der Waals surface area contributed by atoms with E-state index < -0.39 is 0 Å². The maximum atomic E-state index is 12.6. The summed E-state index contributed by atoms with van der Waals surface area (Å²) in [5.74, 6) is 1.98. The minimum absolute atomic E-state index is 0.0161. The van der Waals surface area contributed by atoms with Crippen molar-refractivity contribution >= 4 is 11.7 Å². The van der Waals surface area contributed by atoms with Gasteiger partial charge in [-0.1, -0.05) is 0 Å². The molecular weight excluding hydrogens is 320 g/mol. The molecule has 2 aliphatic heterocycles. The van der Waals surface area contributed by atoms with Crippen LogP contribution in [0, 0.1) is 18.8 Å². The van der Waals surface area contributed by atoms with Crippen molar-refractivity contribution in [2.45, 2.75) is 19.8 Å². The van der Waals surface area contributed by atoms with Gasteiger partial charge in [-0.25, -0.2) is 4.79 Å². The molecule has 0 aliphatic carbocycles. The average Bonchev–Trinajstić information content (AvgIpc) is 3.28. The number of urea groups is 1. The molecule has 0 saturated carbocycles. The zero-order valence-electron chi connectivity index (χ0n) is 15.1. The van der Waals surface area contributed by atoms with Crippen LogP contribution < -0.4 is 10.1 Å². The molecule has 2 heterocycles. The van der Waals surface area contributed by atoms with Gasteiger partial charge in [0, 0.05) is 39.1 Å². The third-order valence-corrected chi connectivity index (χ3v) is 5.14. The molecule has 2 saturated heterocycles. The lowest BCUT2D eigenvalue weighted by atomic mass is 9.91. The summed E-state index contributed by atoms with van der Waals surface area (Å²) in [6, 6.07) is 5.69. The van der Waals surface area contributed by atoms with Gasteiger partial charge in [-0.05, 0) is 55.4 Å². The lowest BCUT2D eigenvalue weighted by Gasteiger charge is -2.20. The standard InChI is InChI=1S/C19H28N2O4/c1-14-11-17(25-10-9-23-2)3-4-18(14)20-19(22)21-7-5-15(12-21)16-6-8-24-13-16/h3-4,11,15-16H,5-10,12-13H2,1-2H3,(H,20,22)/t15-,16-/m0/s1. The van der Waals surface area contributed by atoms with Crippen molar-refractivity contribution in [1.29, 1.82) is 0 Å². The molecule has 138 valence electrons. The van der Waals surface area contributed by atoms with Gasteiger partial charge in [0.25, 0.3) is 0 Å². The Kier molecular flexibility index (Phi) is 6.15. The summed E-state index contributed by atoms with van der Waals surface area (Å²) in [6.45, 7) is 6.42. The second-order valence-electron chi connectivity index (χ2n) is 6.87. The highest BCUT2D eigenvalue weighted by Crippen LogP contribution is 2.30. The molecule has 1 aromatic rings. The quantitative estimate of drug-likeness (QED) is 0.803. The molecule has 2 amide bonds. The van der Waals surface area contributed by atoms with E-state index in [2.05, 4.69) is 5.32 Å². The Balaban J connectivity index is 1.52. The van der Waals surface area contributed by atoms with Crippen LogP contribution in [0.1, 0.15) is 18.4 Å². The van der Waals surface area contributed by atoms with E-state index in [1.165, 1.54) is 0 Å². The smallest absolute Gasteiger partial charge is 0.321 e. The van der Waals surface area contributed by atoms with Crippen LogP contribution in [0.2, 0.25) is 0 Å². The van der Waals surface area contributed by atoms with Crippen molar-refractivity contribution < 1.29 is 19.0 Å². The zero-order valence-corrected chi connectivity index (χ0v) is 15.1. The number of ether oxygens (including phenoxy) is 3. The Hall–Kier alpha value is -1.79. The number of benzene rings is 1. The summed E-state index contributed by atoms with van der Waals surface area (Å²) in [7, 11) is 1.65. The van der Waals surface area contributed by atoms with Gasteiger partial charge < -0.3 is 24.4 Å². The molecular formula is C19H28N2O4. The first-order chi connectivity index (χ1) is 12.2. The first-order valence-corrected chi connectivity index (χ1v) is 9.03. The number of hydrogen-bond acceptors (Lipinski definition) is 4. The van der Waals surface area contributed by atoms with Crippen LogP contribution in [0.5, 0.6) is 5.75 Å². The van der Waals surface area contributed by atoms with Gasteiger partial charge in [-0.2, -0.15) is 0 Å². The number of aryl methyl sites for hydroxylation is 1. The van der Waals surface area contributed by atoms with E-state index in [4.69, 9.17) is 14.2 Å². The van der Waals surface area contributed by atoms with Gasteiger partial charge >= 0.3 is 6.03 Å². The number of likely N-dealkylation sites (tertiary alicyclic amines) is 1. The van der Waals surface area contributed by atoms with E-state index in [0.717, 1.165) is 56.1 Å². The molecule has 1 N–H and O–H groups in total. The molecule has 0 spiro atoms. The second kappa shape index (κ2) is 8.54. The summed E-state index contributed by atoms with van der Waals surface area (Å²) >= 11 is 0. The number of methoxy groups -OCH3 is 1. The highest BCUT2D eigenvalue weighted by atomic mass is 16.5. The Morgan fingerprint density at radius 3 is 2.92 bits per heavy atom. The highest BCUT2D eigenvalue weighted by molar-refractivity contribution is 5.90. The number of anilines is 1. The molecule has 6 heteroatoms. The molecule has 3 rings (SSSR count). The van der Waals surface area contributed by atoms with E-state index >= 15 is 0 Å². The number of hydrogen-bond donors (Lipinski definition) is 1. The van der Waals surface area contributed by atoms with Crippen LogP contribution in [0.25, 0.3) is 0 Å². The lowest BCUT2D eigenvalue weighted by Crippen LogP contribution is -2.34. The summed E-state index contributed by atoms with van der Waals surface area (Å²) in [5, 5.41) is 3.03. The minimum Gasteiger partial charge on any atom is -0.491 e. The van der Waals surface area contributed by atoms with E-state index in [0.29, 0.717) is 25.0 Å². The molecule has 0 unspecified atom stereocenters. The summed E-state index contributed by atoms with van der Waals surface area (Å²) in [4.78, 5) is 14.5. The van der Waals surface area contributed by atoms with Crippen LogP contribution in [0.4, 0.5) is 10.5 Å². The first kappa shape index (κ1) is 18.0. The van der Waals surface area contributed by atoms with Crippen LogP contribution in [0.15, 0.2) is 18.2 Å². The minimum atomic E-state index is -0.0161. The van der Waals surface area contributed by atoms with Crippen LogP contribution >= 0.6 is 0 Å². The molecule has 0 bridgehead atoms. The van der Waals surface area contributed by atoms with Gasteiger partial charge in [0.05, 0.1) is 6.61 Å². The number of carbonyl (C=O) groups excluding carboxylic acids is 1. The number of nitrogens with zero attached hydrogens (tertiary/aromatic N) is 1. The van der Waals surface area contributed by atoms with E-state index in [9.17, 15) is 4.79 Å². The zero-order chi connectivity index (χ0) is 17.6. The van der Waals surface area contributed by atoms with Crippen molar-refractivity contribution in [2.75, 3.05) is 51.9 Å². The first-order valence-electron chi connectivity index (χ1n) is 9.03. The van der Waals surface area contributed by atoms with Crippen LogP contribution in [-0.2, 0) is 9.47 Å². The summed E-state index contributed by atoms with van der Waals surface area (Å²) < 4.78 is 16.1. The lowest BCUT2D eigenvalue weighted by molar-refractivity contribution is 0.146. The Bertz CT molecular complexity index is 587. The van der Waals surface area contributed by atoms with Gasteiger partial charge in [-0.15, -0.1) is 0 Å². The van der Waals surface area contributed by atoms with Gasteiger partial charge in [0.15, 0.2) is 0 Å². The van der Waals surface area contributed by atoms with Crippen LogP contribution in [-0.4, -0.2) is 57.6 Å². The van der Waals surface area contributed by atoms with E-state index in [1.54, 1.807) is 7.11 Å². The van der Waals surface area contributed by atoms with Gasteiger partial charge in [0.1, 0.15) is 12.4 Å². The van der Waals surface area contributed by atoms with Gasteiger partial charge in [-0.3, -0.25) is 0 Å². The fraction of sp³-hybridized carbons (Fsp3) is 0.632. The number of amides is 2. The maximum absolute atomic E-state index is 12.6. The SMILES string of the molecule is COCCOc1ccc(NC(=O)N2CC[C@H]([C@H]3CCOC3)C2)c(C)c1. The topological polar surface area (TPSA) is 60.0 Å². The Morgan fingerprint density at radius 2 is 2.20 bits per heavy atom. The monoisotopic (exact) mass is 348 g/mol. The third kappa shape index (κ3) is 4.64. The fourth-order valence-corrected chi connectivity index (χ4v) is 3.58. The fourth-order valence-electron chi connectivity index (χ4n) is 3.58. The molecule has 2 aliphatic rings. The normalized spacial score (nSPS) is 23.0. The maximum Gasteiger partial charge on any atom is 0.321 e. The Labute approximate surface area is 149 Å². The van der Waals surface area contributed by atoms with Gasteiger partial charge in [0.2, 0.25) is 0 Å². The molecule has 2 fully saturated rings. The molecule has 6 nitrogen and oxygen atoms in total.